The number of hydrogen-bond donors (Lipinski definition) is 2. The van der Waals surface area contributed by atoms with Crippen molar-refractivity contribution < 1.29 is 28.8 Å². The summed E-state index contributed by atoms with van der Waals surface area (Å²) >= 11 is 0. The second-order valence-corrected chi connectivity index (χ2v) is 23.2. The first kappa shape index (κ1) is 45.6. The van der Waals surface area contributed by atoms with Crippen molar-refractivity contribution in [2.75, 3.05) is 66.5 Å². The van der Waals surface area contributed by atoms with Crippen LogP contribution in [0, 0.1) is 46.3 Å². The Morgan fingerprint density at radius 1 is 0.485 bits per heavy atom. The fraction of sp³-hybridized carbons (Fsp3) is 0.704. The molecule has 0 atom stereocenters. The minimum absolute atomic E-state index is 0.223. The van der Waals surface area contributed by atoms with Crippen LogP contribution in [-0.2, 0) is 9.59 Å². The van der Waals surface area contributed by atoms with Gasteiger partial charge in [-0.3, -0.25) is 38.6 Å². The molecule has 0 radical (unpaired) electrons. The third-order valence-electron chi connectivity index (χ3n) is 17.9. The van der Waals surface area contributed by atoms with Crippen molar-refractivity contribution in [2.24, 2.45) is 46.3 Å². The Bertz CT molecular complexity index is 1960. The van der Waals surface area contributed by atoms with Crippen LogP contribution in [0.3, 0.4) is 0 Å². The summed E-state index contributed by atoms with van der Waals surface area (Å²) in [4.78, 5) is 88.4. The lowest BCUT2D eigenvalue weighted by atomic mass is 9.49. The van der Waals surface area contributed by atoms with Gasteiger partial charge in [-0.1, -0.05) is 0 Å². The van der Waals surface area contributed by atoms with Gasteiger partial charge in [0.05, 0.1) is 0 Å². The molecule has 2 heterocycles. The van der Waals surface area contributed by atoms with E-state index in [-0.39, 0.29) is 35.7 Å². The van der Waals surface area contributed by atoms with Gasteiger partial charge >= 0.3 is 0 Å². The number of imide groups is 2. The molecule has 66 heavy (non-hydrogen) atoms. The van der Waals surface area contributed by atoms with Gasteiger partial charge in [0.15, 0.2) is 0 Å². The van der Waals surface area contributed by atoms with Crippen molar-refractivity contribution in [3.8, 4) is 0 Å². The molecule has 2 aliphatic heterocycles. The zero-order valence-corrected chi connectivity index (χ0v) is 39.8. The van der Waals surface area contributed by atoms with Crippen LogP contribution in [0.2, 0.25) is 0 Å². The topological polar surface area (TPSA) is 139 Å². The van der Waals surface area contributed by atoms with Gasteiger partial charge in [-0.05, 0) is 226 Å². The van der Waals surface area contributed by atoms with Crippen molar-refractivity contribution in [1.29, 1.82) is 0 Å². The molecule has 2 aromatic carbocycles. The number of amides is 6. The van der Waals surface area contributed by atoms with E-state index in [0.29, 0.717) is 84.9 Å². The van der Waals surface area contributed by atoms with Crippen molar-refractivity contribution >= 4 is 46.2 Å². The molecule has 6 amide bonds. The number of nitrogens with zero attached hydrogens (tertiary/aromatic N) is 4. The molecule has 12 nitrogen and oxygen atoms in total. The highest BCUT2D eigenvalue weighted by molar-refractivity contribution is 6.33. The summed E-state index contributed by atoms with van der Waals surface area (Å²) in [6.07, 6.45) is 22.2. The molecule has 0 aromatic heterocycles. The Balaban J connectivity index is 0.634. The molecule has 8 saturated carbocycles. The van der Waals surface area contributed by atoms with Crippen molar-refractivity contribution in [3.05, 3.63) is 46.5 Å². The molecular weight excluding hydrogens is 829 g/mol. The molecule has 356 valence electrons. The van der Waals surface area contributed by atoms with Gasteiger partial charge in [-0.2, -0.15) is 0 Å². The molecule has 2 N–H and O–H groups in total. The van der Waals surface area contributed by atoms with Crippen molar-refractivity contribution in [1.82, 2.24) is 30.2 Å². The van der Waals surface area contributed by atoms with E-state index >= 15 is 0 Å². The SMILES string of the molecule is CN(CCCCNC(=O)CC12CC3CC(CC(C3)C1)C2)CCCN1C(=O)c2ccc3c4c(ccc(c24)C1=O)C(=O)N(CCCN(C)CCCCNC(=O)CC12CC4CC(CC(C4)C1)C2)C3=O. The van der Waals surface area contributed by atoms with E-state index < -0.39 is 23.6 Å². The first-order valence-corrected chi connectivity index (χ1v) is 26.1. The number of nitrogens with one attached hydrogen (secondary N) is 2. The third-order valence-corrected chi connectivity index (χ3v) is 17.9. The summed E-state index contributed by atoms with van der Waals surface area (Å²) in [5.74, 6) is 3.99. The Morgan fingerprint density at radius 2 is 0.773 bits per heavy atom. The average molecular weight is 903 g/mol. The highest BCUT2D eigenvalue weighted by Gasteiger charge is 2.53. The van der Waals surface area contributed by atoms with Gasteiger partial charge in [0, 0.05) is 72.0 Å². The monoisotopic (exact) mass is 903 g/mol. The van der Waals surface area contributed by atoms with Crippen LogP contribution < -0.4 is 10.6 Å². The summed E-state index contributed by atoms with van der Waals surface area (Å²) in [7, 11) is 4.10. The normalized spacial score (nSPS) is 30.2. The fourth-order valence-corrected chi connectivity index (χ4v) is 15.9. The molecule has 12 heteroatoms. The van der Waals surface area contributed by atoms with Crippen molar-refractivity contribution in [2.45, 2.75) is 128 Å². The van der Waals surface area contributed by atoms with Crippen LogP contribution in [-0.4, -0.2) is 121 Å². The predicted octanol–water partition coefficient (Wildman–Crippen LogP) is 7.68. The second-order valence-electron chi connectivity index (χ2n) is 23.2. The van der Waals surface area contributed by atoms with Crippen LogP contribution >= 0.6 is 0 Å². The maximum Gasteiger partial charge on any atom is 0.261 e. The smallest absolute Gasteiger partial charge is 0.261 e. The van der Waals surface area contributed by atoms with Crippen LogP contribution in [0.25, 0.3) is 10.8 Å². The molecule has 8 aliphatic carbocycles. The molecule has 0 saturated heterocycles. The van der Waals surface area contributed by atoms with Gasteiger partial charge in [0.25, 0.3) is 23.6 Å². The van der Waals surface area contributed by atoms with E-state index in [1.165, 1.54) is 86.8 Å². The highest BCUT2D eigenvalue weighted by Crippen LogP contribution is 2.62. The van der Waals surface area contributed by atoms with Crippen molar-refractivity contribution in [3.63, 3.8) is 0 Å². The number of hydrogen-bond acceptors (Lipinski definition) is 8. The average Bonchev–Trinajstić information content (AvgIpc) is 3.25. The van der Waals surface area contributed by atoms with E-state index in [4.69, 9.17) is 0 Å². The van der Waals surface area contributed by atoms with E-state index in [2.05, 4.69) is 20.4 Å². The Hall–Kier alpha value is -4.16. The van der Waals surface area contributed by atoms with Gasteiger partial charge in [-0.25, -0.2) is 0 Å². The molecule has 0 spiro atoms. The van der Waals surface area contributed by atoms with Gasteiger partial charge in [-0.15, -0.1) is 0 Å². The summed E-state index contributed by atoms with van der Waals surface area (Å²) < 4.78 is 0. The number of rotatable bonds is 22. The molecule has 12 rings (SSSR count). The number of unbranched alkanes of at least 4 members (excludes halogenated alkanes) is 2. The summed E-state index contributed by atoms with van der Waals surface area (Å²) in [6, 6.07) is 6.58. The van der Waals surface area contributed by atoms with Crippen LogP contribution in [0.5, 0.6) is 0 Å². The quantitative estimate of drug-likeness (QED) is 0.0907. The number of carbonyl (C=O) groups excluding carboxylic acids is 6. The van der Waals surface area contributed by atoms with E-state index in [9.17, 15) is 28.8 Å². The Kier molecular flexibility index (Phi) is 12.9. The van der Waals surface area contributed by atoms with Gasteiger partial charge in [0.2, 0.25) is 11.8 Å². The third kappa shape index (κ3) is 9.23. The zero-order valence-electron chi connectivity index (χ0n) is 39.8. The number of carbonyl (C=O) groups is 6. The molecule has 8 bridgehead atoms. The molecular formula is C54H74N6O6. The second kappa shape index (κ2) is 18.7. The Morgan fingerprint density at radius 3 is 1.08 bits per heavy atom. The first-order chi connectivity index (χ1) is 31.8. The largest absolute Gasteiger partial charge is 0.356 e. The lowest BCUT2D eigenvalue weighted by molar-refractivity contribution is -0.130. The molecule has 2 aromatic rings. The maximum atomic E-state index is 13.9. The molecule has 0 unspecified atom stereocenters. The summed E-state index contributed by atoms with van der Waals surface area (Å²) in [6.45, 7) is 5.08. The summed E-state index contributed by atoms with van der Waals surface area (Å²) in [5.41, 5.74) is 1.92. The first-order valence-electron chi connectivity index (χ1n) is 26.1. The van der Waals surface area contributed by atoms with Crippen LogP contribution in [0.4, 0.5) is 0 Å². The van der Waals surface area contributed by atoms with Crippen LogP contribution in [0.15, 0.2) is 24.3 Å². The number of benzene rings is 2. The standard InChI is InChI=1S/C54H74N6O6/c1-57(15-5-3-13-55-45(61)33-53-27-35-21-36(28-53)23-37(22-35)29-53)17-7-19-59-49(63)41-9-11-43-48-44(12-10-42(47(41)48)50(59)64)52(66)60(51(43)65)20-8-18-58(2)16-6-4-14-56-46(62)34-54-30-38-24-39(31-54)26-40(25-38)32-54/h9-12,35-40H,3-8,13-34H2,1-2H3,(H,55,61)(H,56,62). The molecule has 10 aliphatic rings. The molecule has 8 fully saturated rings. The van der Waals surface area contributed by atoms with E-state index in [0.717, 1.165) is 74.3 Å². The zero-order chi connectivity index (χ0) is 45.7. The maximum absolute atomic E-state index is 13.9. The van der Waals surface area contributed by atoms with E-state index in [1.807, 2.05) is 14.1 Å². The predicted molar refractivity (Wildman–Crippen MR) is 254 cm³/mol. The lowest BCUT2D eigenvalue weighted by Crippen LogP contribution is -2.48. The lowest BCUT2D eigenvalue weighted by Gasteiger charge is -2.56. The van der Waals surface area contributed by atoms with Gasteiger partial charge < -0.3 is 20.4 Å². The minimum Gasteiger partial charge on any atom is -0.356 e. The summed E-state index contributed by atoms with van der Waals surface area (Å²) in [5, 5.41) is 7.23. The Labute approximate surface area is 391 Å². The fourth-order valence-electron chi connectivity index (χ4n) is 15.9. The van der Waals surface area contributed by atoms with Gasteiger partial charge in [0.1, 0.15) is 0 Å². The van der Waals surface area contributed by atoms with E-state index in [1.54, 1.807) is 24.3 Å². The highest BCUT2D eigenvalue weighted by atomic mass is 16.2. The minimum atomic E-state index is -0.395. The van der Waals surface area contributed by atoms with Crippen LogP contribution in [0.1, 0.15) is 170 Å².